The summed E-state index contributed by atoms with van der Waals surface area (Å²) in [5.41, 5.74) is 0.925. The molecule has 0 aliphatic rings. The maximum atomic E-state index is 11.7. The van der Waals surface area contributed by atoms with E-state index in [0.717, 1.165) is 24.4 Å². The van der Waals surface area contributed by atoms with Gasteiger partial charge in [-0.15, -0.1) is 0 Å². The Kier molecular flexibility index (Phi) is 10.5. The summed E-state index contributed by atoms with van der Waals surface area (Å²) in [5, 5.41) is 3.11. The number of ether oxygens (including phenoxy) is 2. The minimum atomic E-state index is -0.118. The zero-order valence-corrected chi connectivity index (χ0v) is 16.1. The summed E-state index contributed by atoms with van der Waals surface area (Å²) in [6, 6.07) is 16.8. The number of hydrogen-bond acceptors (Lipinski definition) is 4. The largest absolute Gasteiger partial charge is 0.494 e. The number of Topliss-reactive ketones (excluding diaryl/α,β-unsaturated/α-hetero) is 1. The van der Waals surface area contributed by atoms with Crippen molar-refractivity contribution < 1.29 is 14.3 Å². The zero-order chi connectivity index (χ0) is 19.2. The van der Waals surface area contributed by atoms with Crippen LogP contribution < -0.4 is 14.8 Å². The van der Waals surface area contributed by atoms with E-state index >= 15 is 0 Å². The maximum Gasteiger partial charge on any atom is 0.194 e. The summed E-state index contributed by atoms with van der Waals surface area (Å²) in [4.78, 5) is 11.7. The van der Waals surface area contributed by atoms with E-state index in [0.29, 0.717) is 18.1 Å². The van der Waals surface area contributed by atoms with E-state index in [1.807, 2.05) is 49.4 Å². The average Bonchev–Trinajstić information content (AvgIpc) is 2.65. The highest BCUT2D eigenvalue weighted by atomic mass is 16.5. The molecule has 0 bridgehead atoms. The van der Waals surface area contributed by atoms with E-state index < -0.39 is 0 Å². The highest BCUT2D eigenvalue weighted by molar-refractivity contribution is 5.96. The van der Waals surface area contributed by atoms with Crippen LogP contribution in [0.2, 0.25) is 0 Å². The Morgan fingerprint density at radius 3 is 1.96 bits per heavy atom. The molecule has 0 saturated carbocycles. The van der Waals surface area contributed by atoms with Gasteiger partial charge in [-0.2, -0.15) is 0 Å². The minimum absolute atomic E-state index is 0.118. The Bertz CT molecular complexity index is 662. The number of carbonyl (C=O) groups excluding carboxylic acids is 1. The van der Waals surface area contributed by atoms with Crippen molar-refractivity contribution in [2.75, 3.05) is 19.7 Å². The summed E-state index contributed by atoms with van der Waals surface area (Å²) in [6.45, 7) is 10.4. The van der Waals surface area contributed by atoms with Crippen molar-refractivity contribution in [2.24, 2.45) is 0 Å². The Morgan fingerprint density at radius 1 is 0.923 bits per heavy atom. The van der Waals surface area contributed by atoms with Gasteiger partial charge in [-0.25, -0.2) is 0 Å². The predicted molar refractivity (Wildman–Crippen MR) is 108 cm³/mol. The molecule has 2 rings (SSSR count). The Morgan fingerprint density at radius 2 is 1.50 bits per heavy atom. The Labute approximate surface area is 156 Å². The van der Waals surface area contributed by atoms with Gasteiger partial charge in [0.15, 0.2) is 11.5 Å². The standard InChI is InChI=1S/C18H18O3.C4H11N/c1-3-20-16-9-11-17(12-10-16)21-18(14(2)19)13-15-7-5-4-6-8-15;1-3-5-4-2/h4-13H,3H2,1-2H3;5H,3-4H2,1-2H3. The number of allylic oxidation sites excluding steroid dienone is 1. The normalized spacial score (nSPS) is 10.5. The van der Waals surface area contributed by atoms with Crippen LogP contribution in [0.15, 0.2) is 60.4 Å². The first-order valence-corrected chi connectivity index (χ1v) is 8.99. The average molecular weight is 355 g/mol. The summed E-state index contributed by atoms with van der Waals surface area (Å²) in [6.07, 6.45) is 1.73. The molecule has 0 aromatic heterocycles. The van der Waals surface area contributed by atoms with Crippen LogP contribution in [0.1, 0.15) is 33.3 Å². The van der Waals surface area contributed by atoms with Crippen LogP contribution >= 0.6 is 0 Å². The molecule has 0 atom stereocenters. The van der Waals surface area contributed by atoms with Gasteiger partial charge < -0.3 is 14.8 Å². The van der Waals surface area contributed by atoms with E-state index in [4.69, 9.17) is 9.47 Å². The van der Waals surface area contributed by atoms with Crippen LogP contribution in [0.4, 0.5) is 0 Å². The van der Waals surface area contributed by atoms with Gasteiger partial charge in [0.1, 0.15) is 11.5 Å². The molecule has 0 aliphatic carbocycles. The van der Waals surface area contributed by atoms with Gasteiger partial charge in [-0.3, -0.25) is 4.79 Å². The monoisotopic (exact) mass is 355 g/mol. The summed E-state index contributed by atoms with van der Waals surface area (Å²) < 4.78 is 11.0. The molecular weight excluding hydrogens is 326 g/mol. The first kappa shape index (κ1) is 21.5. The molecule has 0 spiro atoms. The van der Waals surface area contributed by atoms with Crippen LogP contribution in [-0.2, 0) is 4.79 Å². The lowest BCUT2D eigenvalue weighted by molar-refractivity contribution is -0.115. The van der Waals surface area contributed by atoms with Gasteiger partial charge in [0.25, 0.3) is 0 Å². The third-order valence-electron chi connectivity index (χ3n) is 3.31. The molecule has 0 fully saturated rings. The molecule has 1 N–H and O–H groups in total. The smallest absolute Gasteiger partial charge is 0.194 e. The molecule has 4 heteroatoms. The van der Waals surface area contributed by atoms with E-state index in [2.05, 4.69) is 19.2 Å². The van der Waals surface area contributed by atoms with Crippen LogP contribution in [0.3, 0.4) is 0 Å². The second-order valence-corrected chi connectivity index (χ2v) is 5.44. The first-order valence-electron chi connectivity index (χ1n) is 8.99. The molecule has 26 heavy (non-hydrogen) atoms. The highest BCUT2D eigenvalue weighted by Gasteiger charge is 2.07. The quantitative estimate of drug-likeness (QED) is 0.550. The molecular formula is C22H29NO3. The van der Waals surface area contributed by atoms with Gasteiger partial charge >= 0.3 is 0 Å². The molecule has 140 valence electrons. The number of hydrogen-bond donors (Lipinski definition) is 1. The van der Waals surface area contributed by atoms with Crippen LogP contribution in [0.25, 0.3) is 6.08 Å². The van der Waals surface area contributed by atoms with Crippen molar-refractivity contribution in [3.8, 4) is 11.5 Å². The second-order valence-electron chi connectivity index (χ2n) is 5.44. The number of nitrogens with one attached hydrogen (secondary N) is 1. The van der Waals surface area contributed by atoms with Gasteiger partial charge in [0.2, 0.25) is 0 Å². The Hall–Kier alpha value is -2.59. The third kappa shape index (κ3) is 8.49. The Balaban J connectivity index is 0.000000597. The predicted octanol–water partition coefficient (Wildman–Crippen LogP) is 4.71. The summed E-state index contributed by atoms with van der Waals surface area (Å²) >= 11 is 0. The van der Waals surface area contributed by atoms with Gasteiger partial charge in [-0.1, -0.05) is 44.2 Å². The minimum Gasteiger partial charge on any atom is -0.494 e. The van der Waals surface area contributed by atoms with Crippen molar-refractivity contribution in [1.82, 2.24) is 5.32 Å². The maximum absolute atomic E-state index is 11.7. The number of benzene rings is 2. The fourth-order valence-corrected chi connectivity index (χ4v) is 2.05. The molecule has 2 aromatic carbocycles. The lowest BCUT2D eigenvalue weighted by Crippen LogP contribution is -2.09. The molecule has 4 nitrogen and oxygen atoms in total. The van der Waals surface area contributed by atoms with E-state index in [1.54, 1.807) is 18.2 Å². The molecule has 0 heterocycles. The number of rotatable bonds is 8. The summed E-state index contributed by atoms with van der Waals surface area (Å²) in [7, 11) is 0. The van der Waals surface area contributed by atoms with Crippen molar-refractivity contribution in [3.05, 3.63) is 65.9 Å². The fourth-order valence-electron chi connectivity index (χ4n) is 2.05. The van der Waals surface area contributed by atoms with E-state index in [-0.39, 0.29) is 5.78 Å². The van der Waals surface area contributed by atoms with Crippen LogP contribution in [-0.4, -0.2) is 25.5 Å². The lowest BCUT2D eigenvalue weighted by atomic mass is 10.2. The van der Waals surface area contributed by atoms with Gasteiger partial charge in [0.05, 0.1) is 6.61 Å². The van der Waals surface area contributed by atoms with E-state index in [9.17, 15) is 4.79 Å². The lowest BCUT2D eigenvalue weighted by Gasteiger charge is -2.09. The summed E-state index contributed by atoms with van der Waals surface area (Å²) in [5.74, 6) is 1.58. The fraction of sp³-hybridized carbons (Fsp3) is 0.318. The van der Waals surface area contributed by atoms with Crippen LogP contribution in [0, 0.1) is 0 Å². The molecule has 0 amide bonds. The number of carbonyl (C=O) groups is 1. The van der Waals surface area contributed by atoms with Crippen molar-refractivity contribution in [3.63, 3.8) is 0 Å². The first-order chi connectivity index (χ1) is 12.6. The van der Waals surface area contributed by atoms with Crippen molar-refractivity contribution in [1.29, 1.82) is 0 Å². The third-order valence-corrected chi connectivity index (χ3v) is 3.31. The van der Waals surface area contributed by atoms with Gasteiger partial charge in [0, 0.05) is 6.92 Å². The zero-order valence-electron chi connectivity index (χ0n) is 16.1. The molecule has 2 aromatic rings. The van der Waals surface area contributed by atoms with E-state index in [1.165, 1.54) is 6.92 Å². The van der Waals surface area contributed by atoms with Crippen LogP contribution in [0.5, 0.6) is 11.5 Å². The van der Waals surface area contributed by atoms with Crippen molar-refractivity contribution in [2.45, 2.75) is 27.7 Å². The molecule has 0 unspecified atom stereocenters. The molecule has 0 radical (unpaired) electrons. The second kappa shape index (κ2) is 12.7. The number of ketones is 1. The SMILES string of the molecule is CCNCC.CCOc1ccc(OC(=Cc2ccccc2)C(C)=O)cc1. The van der Waals surface area contributed by atoms with Crippen molar-refractivity contribution >= 4 is 11.9 Å². The topological polar surface area (TPSA) is 47.6 Å². The molecule has 0 saturated heterocycles. The highest BCUT2D eigenvalue weighted by Crippen LogP contribution is 2.20. The molecule has 0 aliphatic heterocycles. The van der Waals surface area contributed by atoms with Gasteiger partial charge in [-0.05, 0) is 55.9 Å².